The quantitative estimate of drug-likeness (QED) is 0.790. The Morgan fingerprint density at radius 2 is 2.18 bits per heavy atom. The molecule has 0 spiro atoms. The van der Waals surface area contributed by atoms with Gasteiger partial charge in [0.25, 0.3) is 0 Å². The van der Waals surface area contributed by atoms with Crippen LogP contribution in [0.2, 0.25) is 5.02 Å². The number of rotatable bonds is 5. The van der Waals surface area contributed by atoms with Gasteiger partial charge in [-0.15, -0.1) is 0 Å². The summed E-state index contributed by atoms with van der Waals surface area (Å²) in [6.45, 7) is 0.0445. The van der Waals surface area contributed by atoms with Gasteiger partial charge in [-0.1, -0.05) is 11.6 Å². The van der Waals surface area contributed by atoms with Crippen molar-refractivity contribution in [3.8, 4) is 0 Å². The predicted molar refractivity (Wildman–Crippen MR) is 86.5 cm³/mol. The summed E-state index contributed by atoms with van der Waals surface area (Å²) in [5, 5.41) is 15.6. The molecule has 1 aromatic carbocycles. The maximum atomic E-state index is 11.8. The van der Waals surface area contributed by atoms with Crippen molar-refractivity contribution >= 4 is 29.0 Å². The summed E-state index contributed by atoms with van der Waals surface area (Å²) in [7, 11) is 3.77. The second kappa shape index (κ2) is 7.20. The van der Waals surface area contributed by atoms with Gasteiger partial charge in [-0.05, 0) is 30.3 Å². The molecule has 2 rings (SSSR count). The number of anilines is 2. The fourth-order valence-corrected chi connectivity index (χ4v) is 2.24. The molecule has 7 heteroatoms. The molecule has 0 saturated heterocycles. The van der Waals surface area contributed by atoms with E-state index >= 15 is 0 Å². The maximum Gasteiger partial charge on any atom is 0.319 e. The first-order valence-electron chi connectivity index (χ1n) is 6.70. The minimum atomic E-state index is -0.888. The lowest BCUT2D eigenvalue weighted by Crippen LogP contribution is -2.32. The van der Waals surface area contributed by atoms with Crippen molar-refractivity contribution in [3.63, 3.8) is 0 Å². The molecule has 0 fully saturated rings. The van der Waals surface area contributed by atoms with E-state index in [1.807, 2.05) is 25.1 Å². The Kier molecular flexibility index (Phi) is 5.30. The third-order valence-corrected chi connectivity index (χ3v) is 3.32. The lowest BCUT2D eigenvalue weighted by atomic mass is 10.2. The lowest BCUT2D eigenvalue weighted by molar-refractivity contribution is 0.149. The van der Waals surface area contributed by atoms with Crippen LogP contribution in [0.3, 0.4) is 0 Å². The van der Waals surface area contributed by atoms with E-state index in [0.29, 0.717) is 16.5 Å². The first-order chi connectivity index (χ1) is 10.5. The largest absolute Gasteiger partial charge is 0.467 e. The van der Waals surface area contributed by atoms with E-state index in [9.17, 15) is 9.90 Å². The van der Waals surface area contributed by atoms with Crippen LogP contribution >= 0.6 is 11.6 Å². The molecule has 0 radical (unpaired) electrons. The predicted octanol–water partition coefficient (Wildman–Crippen LogP) is 2.85. The van der Waals surface area contributed by atoms with Crippen molar-refractivity contribution in [2.75, 3.05) is 30.9 Å². The Hall–Kier alpha value is -2.18. The van der Waals surface area contributed by atoms with E-state index in [2.05, 4.69) is 10.6 Å². The van der Waals surface area contributed by atoms with Crippen molar-refractivity contribution < 1.29 is 14.3 Å². The van der Waals surface area contributed by atoms with E-state index in [0.717, 1.165) is 5.69 Å². The summed E-state index contributed by atoms with van der Waals surface area (Å²) in [4.78, 5) is 13.7. The summed E-state index contributed by atoms with van der Waals surface area (Å²) in [5.74, 6) is 0.402. The van der Waals surface area contributed by atoms with Crippen molar-refractivity contribution in [1.82, 2.24) is 5.32 Å². The molecular formula is C15H18ClN3O3. The Morgan fingerprint density at radius 1 is 1.41 bits per heavy atom. The van der Waals surface area contributed by atoms with Crippen LogP contribution in [0, 0.1) is 0 Å². The topological polar surface area (TPSA) is 77.7 Å². The molecule has 0 aliphatic rings. The molecule has 1 unspecified atom stereocenters. The fourth-order valence-electron chi connectivity index (χ4n) is 1.89. The Morgan fingerprint density at radius 3 is 2.77 bits per heavy atom. The molecule has 118 valence electrons. The molecule has 0 aliphatic carbocycles. The van der Waals surface area contributed by atoms with Gasteiger partial charge in [-0.3, -0.25) is 0 Å². The number of amides is 2. The number of hydrogen-bond donors (Lipinski definition) is 3. The first kappa shape index (κ1) is 16.2. The average Bonchev–Trinajstić information content (AvgIpc) is 2.98. The fraction of sp³-hybridized carbons (Fsp3) is 0.267. The van der Waals surface area contributed by atoms with Crippen molar-refractivity contribution in [1.29, 1.82) is 0 Å². The molecule has 0 saturated carbocycles. The highest BCUT2D eigenvalue weighted by Crippen LogP contribution is 2.27. The minimum Gasteiger partial charge on any atom is -0.467 e. The number of furan rings is 1. The molecule has 22 heavy (non-hydrogen) atoms. The summed E-state index contributed by atoms with van der Waals surface area (Å²) >= 11 is 6.14. The monoisotopic (exact) mass is 323 g/mol. The number of halogens is 1. The number of urea groups is 1. The highest BCUT2D eigenvalue weighted by molar-refractivity contribution is 6.33. The second-order valence-electron chi connectivity index (χ2n) is 4.93. The van der Waals surface area contributed by atoms with Crippen LogP contribution in [0.4, 0.5) is 16.2 Å². The molecule has 1 atom stereocenters. The van der Waals surface area contributed by atoms with Crippen LogP contribution in [-0.4, -0.2) is 31.8 Å². The van der Waals surface area contributed by atoms with Crippen LogP contribution < -0.4 is 15.5 Å². The molecule has 0 aliphatic heterocycles. The molecule has 1 heterocycles. The van der Waals surface area contributed by atoms with Crippen LogP contribution in [-0.2, 0) is 0 Å². The van der Waals surface area contributed by atoms with E-state index in [1.165, 1.54) is 6.26 Å². The lowest BCUT2D eigenvalue weighted by Gasteiger charge is -2.16. The SMILES string of the molecule is CN(C)c1ccc(NC(=O)NCC(O)c2ccco2)cc1Cl. The molecule has 3 N–H and O–H groups in total. The number of carbonyl (C=O) groups is 1. The summed E-state index contributed by atoms with van der Waals surface area (Å²) in [6, 6.07) is 8.12. The zero-order valence-electron chi connectivity index (χ0n) is 12.3. The first-order valence-corrected chi connectivity index (χ1v) is 7.08. The Balaban J connectivity index is 1.88. The van der Waals surface area contributed by atoms with Gasteiger partial charge in [0.1, 0.15) is 11.9 Å². The van der Waals surface area contributed by atoms with Gasteiger partial charge >= 0.3 is 6.03 Å². The minimum absolute atomic E-state index is 0.0445. The van der Waals surface area contributed by atoms with E-state index < -0.39 is 12.1 Å². The van der Waals surface area contributed by atoms with E-state index in [4.69, 9.17) is 16.0 Å². The number of aliphatic hydroxyl groups is 1. The van der Waals surface area contributed by atoms with Gasteiger partial charge in [-0.2, -0.15) is 0 Å². The molecular weight excluding hydrogens is 306 g/mol. The van der Waals surface area contributed by atoms with Gasteiger partial charge < -0.3 is 25.1 Å². The normalized spacial score (nSPS) is 11.8. The van der Waals surface area contributed by atoms with Crippen LogP contribution in [0.5, 0.6) is 0 Å². The number of carbonyl (C=O) groups excluding carboxylic acids is 1. The van der Waals surface area contributed by atoms with Crippen molar-refractivity contribution in [2.24, 2.45) is 0 Å². The zero-order valence-corrected chi connectivity index (χ0v) is 13.1. The summed E-state index contributed by atoms with van der Waals surface area (Å²) < 4.78 is 5.05. The molecule has 0 bridgehead atoms. The smallest absolute Gasteiger partial charge is 0.319 e. The highest BCUT2D eigenvalue weighted by atomic mass is 35.5. The highest BCUT2D eigenvalue weighted by Gasteiger charge is 2.12. The third kappa shape index (κ3) is 4.16. The number of aliphatic hydroxyl groups excluding tert-OH is 1. The molecule has 2 aromatic rings. The number of benzene rings is 1. The maximum absolute atomic E-state index is 11.8. The Labute approximate surface area is 133 Å². The van der Waals surface area contributed by atoms with E-state index in [-0.39, 0.29) is 6.54 Å². The standard InChI is InChI=1S/C15H18ClN3O3/c1-19(2)12-6-5-10(8-11(12)16)18-15(21)17-9-13(20)14-4-3-7-22-14/h3-8,13,20H,9H2,1-2H3,(H2,17,18,21). The van der Waals surface area contributed by atoms with E-state index in [1.54, 1.807) is 24.3 Å². The van der Waals surface area contributed by atoms with Gasteiger partial charge in [0, 0.05) is 19.8 Å². The van der Waals surface area contributed by atoms with Gasteiger partial charge in [-0.25, -0.2) is 4.79 Å². The number of hydrogen-bond acceptors (Lipinski definition) is 4. The van der Waals surface area contributed by atoms with Gasteiger partial charge in [0.15, 0.2) is 0 Å². The average molecular weight is 324 g/mol. The molecule has 2 amide bonds. The third-order valence-electron chi connectivity index (χ3n) is 3.01. The van der Waals surface area contributed by atoms with Crippen LogP contribution in [0.25, 0.3) is 0 Å². The number of nitrogens with zero attached hydrogens (tertiary/aromatic N) is 1. The second-order valence-corrected chi connectivity index (χ2v) is 5.33. The van der Waals surface area contributed by atoms with Gasteiger partial charge in [0.2, 0.25) is 0 Å². The molecule has 6 nitrogen and oxygen atoms in total. The molecule has 1 aromatic heterocycles. The Bertz CT molecular complexity index is 629. The van der Waals surface area contributed by atoms with Gasteiger partial charge in [0.05, 0.1) is 23.5 Å². The van der Waals surface area contributed by atoms with Crippen LogP contribution in [0.1, 0.15) is 11.9 Å². The summed E-state index contributed by atoms with van der Waals surface area (Å²) in [5.41, 5.74) is 1.43. The zero-order chi connectivity index (χ0) is 16.1. The number of nitrogens with one attached hydrogen (secondary N) is 2. The van der Waals surface area contributed by atoms with Crippen molar-refractivity contribution in [3.05, 3.63) is 47.4 Å². The summed E-state index contributed by atoms with van der Waals surface area (Å²) in [6.07, 6.45) is 0.577. The van der Waals surface area contributed by atoms with Crippen LogP contribution in [0.15, 0.2) is 41.0 Å². The van der Waals surface area contributed by atoms with Crippen molar-refractivity contribution in [2.45, 2.75) is 6.10 Å².